The minimum atomic E-state index is -1.16. The highest BCUT2D eigenvalue weighted by molar-refractivity contribution is 7.10. The minimum absolute atomic E-state index is 0.0360. The fourth-order valence-corrected chi connectivity index (χ4v) is 3.99. The van der Waals surface area contributed by atoms with Crippen molar-refractivity contribution in [1.29, 1.82) is 10.7 Å². The normalized spacial score (nSPS) is 22.5. The van der Waals surface area contributed by atoms with E-state index in [1.54, 1.807) is 19.9 Å². The molecule has 1 saturated heterocycles. The molecule has 1 unspecified atom stereocenters. The Kier molecular flexibility index (Phi) is 5.00. The molecule has 0 radical (unpaired) electrons. The van der Waals surface area contributed by atoms with Gasteiger partial charge in [-0.2, -0.15) is 5.26 Å². The fraction of sp³-hybridized carbons (Fsp3) is 0.316. The van der Waals surface area contributed by atoms with E-state index in [2.05, 4.69) is 0 Å². The van der Waals surface area contributed by atoms with Crippen LogP contribution in [0.25, 0.3) is 11.1 Å². The van der Waals surface area contributed by atoms with Crippen molar-refractivity contribution in [1.82, 2.24) is 4.90 Å². The molecule has 1 aromatic heterocycles. The first kappa shape index (κ1) is 19.0. The Morgan fingerprint density at radius 3 is 2.85 bits per heavy atom. The largest absolute Gasteiger partial charge is 0.450 e. The Labute approximate surface area is 160 Å². The van der Waals surface area contributed by atoms with E-state index in [1.165, 1.54) is 30.5 Å². The third-order valence-corrected chi connectivity index (χ3v) is 5.66. The van der Waals surface area contributed by atoms with Gasteiger partial charge >= 0.3 is 0 Å². The lowest BCUT2D eigenvalue weighted by Crippen LogP contribution is -2.59. The van der Waals surface area contributed by atoms with Crippen LogP contribution in [0, 0.1) is 22.6 Å². The SMILES string of the molecule is CCOC1C(=O)N(C)C(=N)O[C@]1(C)c1cc(-c2ccc(F)c(C#N)c2)cs1. The molecule has 0 saturated carbocycles. The van der Waals surface area contributed by atoms with Crippen LogP contribution in [-0.4, -0.2) is 36.6 Å². The van der Waals surface area contributed by atoms with Crippen molar-refractivity contribution in [3.05, 3.63) is 45.9 Å². The van der Waals surface area contributed by atoms with E-state index in [9.17, 15) is 9.18 Å². The number of ether oxygens (including phenoxy) is 2. The fourth-order valence-electron chi connectivity index (χ4n) is 2.95. The van der Waals surface area contributed by atoms with Gasteiger partial charge in [0.25, 0.3) is 11.9 Å². The first-order valence-corrected chi connectivity index (χ1v) is 9.15. The van der Waals surface area contributed by atoms with Crippen LogP contribution in [0.1, 0.15) is 24.3 Å². The van der Waals surface area contributed by atoms with Gasteiger partial charge in [0, 0.05) is 13.7 Å². The quantitative estimate of drug-likeness (QED) is 0.870. The summed E-state index contributed by atoms with van der Waals surface area (Å²) in [4.78, 5) is 14.4. The number of rotatable bonds is 4. The van der Waals surface area contributed by atoms with Gasteiger partial charge < -0.3 is 9.47 Å². The third-order valence-electron chi connectivity index (χ3n) is 4.51. The highest BCUT2D eigenvalue weighted by Crippen LogP contribution is 2.41. The molecule has 1 aliphatic rings. The maximum Gasteiger partial charge on any atom is 0.292 e. The number of nitrogens with one attached hydrogen (secondary N) is 1. The van der Waals surface area contributed by atoms with Gasteiger partial charge in [-0.05, 0) is 48.6 Å². The topological polar surface area (TPSA) is 86.4 Å². The summed E-state index contributed by atoms with van der Waals surface area (Å²) < 4.78 is 25.0. The molecular formula is C19H18FN3O3S. The molecule has 1 amide bonds. The number of likely N-dealkylation sites (N-methyl/N-ethyl adjacent to an activating group) is 1. The number of nitrogens with zero attached hydrogens (tertiary/aromatic N) is 2. The van der Waals surface area contributed by atoms with E-state index in [0.29, 0.717) is 17.0 Å². The van der Waals surface area contributed by atoms with Crippen LogP contribution in [0.15, 0.2) is 29.6 Å². The van der Waals surface area contributed by atoms with Crippen LogP contribution >= 0.6 is 11.3 Å². The number of halogens is 1. The lowest BCUT2D eigenvalue weighted by molar-refractivity contribution is -0.169. The summed E-state index contributed by atoms with van der Waals surface area (Å²) in [5, 5.41) is 18.8. The summed E-state index contributed by atoms with van der Waals surface area (Å²) in [5.41, 5.74) is 0.259. The molecular weight excluding hydrogens is 369 g/mol. The van der Waals surface area contributed by atoms with Crippen molar-refractivity contribution in [3.63, 3.8) is 0 Å². The summed E-state index contributed by atoms with van der Waals surface area (Å²) in [7, 11) is 1.47. The van der Waals surface area contributed by atoms with Gasteiger partial charge in [0.1, 0.15) is 11.9 Å². The van der Waals surface area contributed by atoms with E-state index in [1.807, 2.05) is 17.5 Å². The summed E-state index contributed by atoms with van der Waals surface area (Å²) in [6.45, 7) is 3.82. The third kappa shape index (κ3) is 3.20. The maximum atomic E-state index is 13.6. The van der Waals surface area contributed by atoms with Gasteiger partial charge in [-0.3, -0.25) is 15.1 Å². The van der Waals surface area contributed by atoms with Crippen molar-refractivity contribution in [2.75, 3.05) is 13.7 Å². The smallest absolute Gasteiger partial charge is 0.292 e. The van der Waals surface area contributed by atoms with Crippen molar-refractivity contribution in [3.8, 4) is 17.2 Å². The highest BCUT2D eigenvalue weighted by Gasteiger charge is 2.51. The van der Waals surface area contributed by atoms with Gasteiger partial charge in [0.2, 0.25) is 0 Å². The lowest BCUT2D eigenvalue weighted by atomic mass is 9.93. The Morgan fingerprint density at radius 1 is 1.44 bits per heavy atom. The first-order valence-electron chi connectivity index (χ1n) is 8.27. The Morgan fingerprint density at radius 2 is 2.19 bits per heavy atom. The molecule has 1 N–H and O–H groups in total. The van der Waals surface area contributed by atoms with E-state index < -0.39 is 17.5 Å². The van der Waals surface area contributed by atoms with Crippen molar-refractivity contribution in [2.45, 2.75) is 25.6 Å². The molecule has 140 valence electrons. The molecule has 2 atom stereocenters. The van der Waals surface area contributed by atoms with Gasteiger partial charge in [0.05, 0.1) is 10.4 Å². The number of nitriles is 1. The predicted octanol–water partition coefficient (Wildman–Crippen LogP) is 3.47. The zero-order valence-electron chi connectivity index (χ0n) is 15.1. The maximum absolute atomic E-state index is 13.6. The Hall–Kier alpha value is -2.76. The Balaban J connectivity index is 2.02. The molecule has 0 bridgehead atoms. The molecule has 1 aromatic carbocycles. The lowest BCUT2D eigenvalue weighted by Gasteiger charge is -2.42. The zero-order valence-corrected chi connectivity index (χ0v) is 15.9. The van der Waals surface area contributed by atoms with Crippen LogP contribution in [0.4, 0.5) is 4.39 Å². The number of benzene rings is 1. The van der Waals surface area contributed by atoms with Crippen molar-refractivity contribution < 1.29 is 18.7 Å². The molecule has 8 heteroatoms. The molecule has 1 fully saturated rings. The standard InChI is InChI=1S/C19H18FN3O3S/c1-4-25-16-17(24)23(3)18(22)26-19(16,2)15-8-13(10-27-15)11-5-6-14(20)12(7-11)9-21/h5-8,10,16,22H,4H2,1-3H3/t16?,19-/m1/s1. The monoisotopic (exact) mass is 387 g/mol. The average molecular weight is 387 g/mol. The van der Waals surface area contributed by atoms with Crippen LogP contribution < -0.4 is 0 Å². The molecule has 0 spiro atoms. The predicted molar refractivity (Wildman–Crippen MR) is 98.8 cm³/mol. The van der Waals surface area contributed by atoms with Gasteiger partial charge in [0.15, 0.2) is 11.7 Å². The molecule has 27 heavy (non-hydrogen) atoms. The number of carbonyl (C=O) groups excluding carboxylic acids is 1. The molecule has 2 aromatic rings. The summed E-state index contributed by atoms with van der Waals surface area (Å²) in [5.74, 6) is -0.920. The van der Waals surface area contributed by atoms with Gasteiger partial charge in [-0.1, -0.05) is 6.07 Å². The highest BCUT2D eigenvalue weighted by atomic mass is 32.1. The number of thiophene rings is 1. The van der Waals surface area contributed by atoms with Crippen LogP contribution in [0.2, 0.25) is 0 Å². The number of carbonyl (C=O) groups is 1. The van der Waals surface area contributed by atoms with Crippen molar-refractivity contribution in [2.24, 2.45) is 0 Å². The van der Waals surface area contributed by atoms with Crippen molar-refractivity contribution >= 4 is 23.3 Å². The zero-order chi connectivity index (χ0) is 19.8. The Bertz CT molecular complexity index is 952. The van der Waals surface area contributed by atoms with E-state index in [4.69, 9.17) is 20.1 Å². The van der Waals surface area contributed by atoms with Crippen LogP contribution in [0.3, 0.4) is 0 Å². The van der Waals surface area contributed by atoms with E-state index in [-0.39, 0.29) is 17.5 Å². The number of amidine groups is 1. The number of hydrogen-bond donors (Lipinski definition) is 1. The van der Waals surface area contributed by atoms with E-state index in [0.717, 1.165) is 10.5 Å². The number of amides is 1. The van der Waals surface area contributed by atoms with Crippen LogP contribution in [-0.2, 0) is 19.9 Å². The van der Waals surface area contributed by atoms with Gasteiger partial charge in [-0.25, -0.2) is 4.39 Å². The second-order valence-electron chi connectivity index (χ2n) is 6.25. The van der Waals surface area contributed by atoms with Crippen LogP contribution in [0.5, 0.6) is 0 Å². The summed E-state index contributed by atoms with van der Waals surface area (Å²) >= 11 is 1.35. The summed E-state index contributed by atoms with van der Waals surface area (Å²) in [6, 6.07) is 7.72. The second kappa shape index (κ2) is 7.10. The average Bonchev–Trinajstić information content (AvgIpc) is 3.15. The second-order valence-corrected chi connectivity index (χ2v) is 7.16. The first-order chi connectivity index (χ1) is 12.8. The van der Waals surface area contributed by atoms with Gasteiger partial charge in [-0.15, -0.1) is 11.3 Å². The van der Waals surface area contributed by atoms with E-state index >= 15 is 0 Å². The molecule has 6 nitrogen and oxygen atoms in total. The molecule has 2 heterocycles. The summed E-state index contributed by atoms with van der Waals surface area (Å²) in [6.07, 6.45) is -0.893. The minimum Gasteiger partial charge on any atom is -0.450 e. The molecule has 1 aliphatic heterocycles. The molecule has 0 aliphatic carbocycles. The number of hydrogen-bond acceptors (Lipinski definition) is 6. The molecule has 3 rings (SSSR count).